The van der Waals surface area contributed by atoms with Gasteiger partial charge in [0.05, 0.1) is 21.9 Å². The molecule has 1 N–H and O–H groups in total. The Bertz CT molecular complexity index is 796. The number of benzene rings is 1. The van der Waals surface area contributed by atoms with E-state index in [4.69, 9.17) is 23.2 Å². The molecule has 9 heteroatoms. The SMILES string of the molecule is CN(C)c1ccc(NS(=O)(=O)c2cc(Br)c(Cl)cc2Cl)nc1. The Labute approximate surface area is 147 Å². The van der Waals surface area contributed by atoms with Gasteiger partial charge in [0.1, 0.15) is 10.7 Å². The molecule has 1 aromatic carbocycles. The van der Waals surface area contributed by atoms with Crippen LogP contribution in [0.1, 0.15) is 0 Å². The maximum absolute atomic E-state index is 12.4. The minimum Gasteiger partial charge on any atom is -0.376 e. The smallest absolute Gasteiger partial charge is 0.264 e. The highest BCUT2D eigenvalue weighted by molar-refractivity contribution is 9.10. The lowest BCUT2D eigenvalue weighted by Gasteiger charge is -2.13. The fourth-order valence-corrected chi connectivity index (χ4v) is 3.89. The van der Waals surface area contributed by atoms with E-state index in [9.17, 15) is 8.42 Å². The van der Waals surface area contributed by atoms with Crippen LogP contribution < -0.4 is 9.62 Å². The molecule has 1 aromatic heterocycles. The summed E-state index contributed by atoms with van der Waals surface area (Å²) in [6, 6.07) is 6.04. The summed E-state index contributed by atoms with van der Waals surface area (Å²) in [6.45, 7) is 0. The zero-order chi connectivity index (χ0) is 16.5. The third-order valence-corrected chi connectivity index (χ3v) is 5.78. The van der Waals surface area contributed by atoms with E-state index in [1.807, 2.05) is 19.0 Å². The fraction of sp³-hybridized carbons (Fsp3) is 0.154. The Hall–Kier alpha value is -1.02. The number of aromatic nitrogens is 1. The summed E-state index contributed by atoms with van der Waals surface area (Å²) in [6.07, 6.45) is 1.57. The predicted octanol–water partition coefficient (Wildman–Crippen LogP) is 4.02. The zero-order valence-corrected chi connectivity index (χ0v) is 15.6. The van der Waals surface area contributed by atoms with Crippen LogP contribution >= 0.6 is 39.1 Å². The van der Waals surface area contributed by atoms with E-state index in [2.05, 4.69) is 25.6 Å². The zero-order valence-electron chi connectivity index (χ0n) is 11.6. The van der Waals surface area contributed by atoms with Crippen LogP contribution in [-0.4, -0.2) is 27.5 Å². The van der Waals surface area contributed by atoms with Gasteiger partial charge in [0.15, 0.2) is 0 Å². The molecule has 0 saturated carbocycles. The molecule has 1 heterocycles. The van der Waals surface area contributed by atoms with Gasteiger partial charge in [-0.25, -0.2) is 13.4 Å². The third kappa shape index (κ3) is 3.84. The number of pyridine rings is 1. The Morgan fingerprint density at radius 2 is 1.86 bits per heavy atom. The fourth-order valence-electron chi connectivity index (χ4n) is 1.61. The lowest BCUT2D eigenvalue weighted by atomic mass is 10.4. The lowest BCUT2D eigenvalue weighted by Crippen LogP contribution is -2.15. The minimum absolute atomic E-state index is 0.0330. The molecular weight excluding hydrogens is 413 g/mol. The van der Waals surface area contributed by atoms with Gasteiger partial charge in [0.25, 0.3) is 10.0 Å². The summed E-state index contributed by atoms with van der Waals surface area (Å²) >= 11 is 15.0. The molecule has 0 aliphatic rings. The van der Waals surface area contributed by atoms with Crippen molar-refractivity contribution in [3.8, 4) is 0 Å². The molecule has 0 fully saturated rings. The van der Waals surface area contributed by atoms with Crippen LogP contribution in [0.4, 0.5) is 11.5 Å². The molecule has 22 heavy (non-hydrogen) atoms. The standard InChI is InChI=1S/C13H12BrCl2N3O2S/c1-19(2)8-3-4-13(17-7-8)18-22(20,21)12-5-9(14)10(15)6-11(12)16/h3-7H,1-2H3,(H,17,18). The van der Waals surface area contributed by atoms with Gasteiger partial charge >= 0.3 is 0 Å². The maximum Gasteiger partial charge on any atom is 0.264 e. The van der Waals surface area contributed by atoms with Gasteiger partial charge in [-0.1, -0.05) is 23.2 Å². The molecule has 0 aliphatic carbocycles. The second-order valence-electron chi connectivity index (χ2n) is 4.60. The molecule has 118 valence electrons. The first-order valence-electron chi connectivity index (χ1n) is 6.01. The maximum atomic E-state index is 12.4. The van der Waals surface area contributed by atoms with Crippen molar-refractivity contribution in [3.63, 3.8) is 0 Å². The molecule has 0 atom stereocenters. The predicted molar refractivity (Wildman–Crippen MR) is 93.5 cm³/mol. The Kier molecular flexibility index (Phi) is 5.21. The molecular formula is C13H12BrCl2N3O2S. The number of halogens is 3. The number of hydrogen-bond donors (Lipinski definition) is 1. The Morgan fingerprint density at radius 1 is 1.18 bits per heavy atom. The van der Waals surface area contributed by atoms with Crippen molar-refractivity contribution in [2.75, 3.05) is 23.7 Å². The van der Waals surface area contributed by atoms with Crippen LogP contribution in [0, 0.1) is 0 Å². The molecule has 0 bridgehead atoms. The minimum atomic E-state index is -3.86. The monoisotopic (exact) mass is 423 g/mol. The average Bonchev–Trinajstić information content (AvgIpc) is 2.42. The van der Waals surface area contributed by atoms with Crippen molar-refractivity contribution in [1.82, 2.24) is 4.98 Å². The summed E-state index contributed by atoms with van der Waals surface area (Å²) in [5.41, 5.74) is 0.857. The van der Waals surface area contributed by atoms with Gasteiger partial charge in [-0.15, -0.1) is 0 Å². The van der Waals surface area contributed by atoms with Crippen LogP contribution in [0.15, 0.2) is 39.8 Å². The first-order chi connectivity index (χ1) is 10.2. The molecule has 0 radical (unpaired) electrons. The van der Waals surface area contributed by atoms with E-state index in [1.54, 1.807) is 18.3 Å². The summed E-state index contributed by atoms with van der Waals surface area (Å²) in [5.74, 6) is 0.202. The number of anilines is 2. The number of nitrogens with zero attached hydrogens (tertiary/aromatic N) is 2. The van der Waals surface area contributed by atoms with E-state index in [-0.39, 0.29) is 15.7 Å². The number of nitrogens with one attached hydrogen (secondary N) is 1. The molecule has 0 spiro atoms. The van der Waals surface area contributed by atoms with Crippen LogP contribution in [0.5, 0.6) is 0 Å². The van der Waals surface area contributed by atoms with Crippen LogP contribution in [-0.2, 0) is 10.0 Å². The largest absolute Gasteiger partial charge is 0.376 e. The number of rotatable bonds is 4. The summed E-state index contributed by atoms with van der Waals surface area (Å²) in [4.78, 5) is 5.85. The second-order valence-corrected chi connectivity index (χ2v) is 7.92. The van der Waals surface area contributed by atoms with Crippen LogP contribution in [0.3, 0.4) is 0 Å². The van der Waals surface area contributed by atoms with Crippen molar-refractivity contribution in [3.05, 3.63) is 45.0 Å². The highest BCUT2D eigenvalue weighted by Crippen LogP contribution is 2.32. The highest BCUT2D eigenvalue weighted by atomic mass is 79.9. The van der Waals surface area contributed by atoms with Crippen LogP contribution in [0.2, 0.25) is 10.0 Å². The number of hydrogen-bond acceptors (Lipinski definition) is 4. The normalized spacial score (nSPS) is 11.3. The molecule has 0 amide bonds. The van der Waals surface area contributed by atoms with E-state index in [0.717, 1.165) is 5.69 Å². The van der Waals surface area contributed by atoms with Gasteiger partial charge < -0.3 is 4.90 Å². The average molecular weight is 425 g/mol. The topological polar surface area (TPSA) is 62.3 Å². The third-order valence-electron chi connectivity index (χ3n) is 2.77. The quantitative estimate of drug-likeness (QED) is 0.753. The summed E-state index contributed by atoms with van der Waals surface area (Å²) in [7, 11) is -0.129. The first kappa shape index (κ1) is 17.3. The van der Waals surface area contributed by atoms with Gasteiger partial charge in [-0.2, -0.15) is 0 Å². The van der Waals surface area contributed by atoms with Gasteiger partial charge in [0, 0.05) is 18.6 Å². The van der Waals surface area contributed by atoms with Crippen LogP contribution in [0.25, 0.3) is 0 Å². The van der Waals surface area contributed by atoms with Gasteiger partial charge in [0.2, 0.25) is 0 Å². The summed E-state index contributed by atoms with van der Waals surface area (Å²) < 4.78 is 27.6. The molecule has 2 rings (SSSR count). The van der Waals surface area contributed by atoms with Crippen molar-refractivity contribution in [2.45, 2.75) is 4.90 Å². The van der Waals surface area contributed by atoms with E-state index < -0.39 is 10.0 Å². The second kappa shape index (κ2) is 6.62. The van der Waals surface area contributed by atoms with E-state index in [0.29, 0.717) is 9.50 Å². The molecule has 0 saturated heterocycles. The molecule has 5 nitrogen and oxygen atoms in total. The van der Waals surface area contributed by atoms with Crippen molar-refractivity contribution < 1.29 is 8.42 Å². The van der Waals surface area contributed by atoms with Gasteiger partial charge in [-0.3, -0.25) is 4.72 Å². The van der Waals surface area contributed by atoms with Crippen molar-refractivity contribution in [2.24, 2.45) is 0 Å². The van der Waals surface area contributed by atoms with E-state index >= 15 is 0 Å². The highest BCUT2D eigenvalue weighted by Gasteiger charge is 2.20. The lowest BCUT2D eigenvalue weighted by molar-refractivity contribution is 0.601. The van der Waals surface area contributed by atoms with Crippen molar-refractivity contribution >= 4 is 60.7 Å². The van der Waals surface area contributed by atoms with Gasteiger partial charge in [-0.05, 0) is 40.2 Å². The Balaban J connectivity index is 2.33. The molecule has 0 aliphatic heterocycles. The molecule has 0 unspecified atom stereocenters. The Morgan fingerprint density at radius 3 is 2.41 bits per heavy atom. The van der Waals surface area contributed by atoms with E-state index in [1.165, 1.54) is 12.1 Å². The van der Waals surface area contributed by atoms with Crippen molar-refractivity contribution in [1.29, 1.82) is 0 Å². The molecule has 2 aromatic rings. The first-order valence-corrected chi connectivity index (χ1v) is 9.04. The summed E-state index contributed by atoms with van der Waals surface area (Å²) in [5, 5.41) is 0.364. The number of sulfonamides is 1.